The van der Waals surface area contributed by atoms with Crippen molar-refractivity contribution < 1.29 is 4.79 Å². The van der Waals surface area contributed by atoms with Gasteiger partial charge in [0.1, 0.15) is 10.7 Å². The molecule has 1 saturated heterocycles. The first-order chi connectivity index (χ1) is 13.7. The van der Waals surface area contributed by atoms with Gasteiger partial charge in [0.2, 0.25) is 0 Å². The molecular weight excluding hydrogens is 370 g/mol. The molecule has 3 aromatic rings. The zero-order valence-electron chi connectivity index (χ0n) is 16.3. The second-order valence-corrected chi connectivity index (χ2v) is 8.40. The van der Waals surface area contributed by atoms with Crippen LogP contribution in [0.25, 0.3) is 0 Å². The van der Waals surface area contributed by atoms with Crippen molar-refractivity contribution in [3.8, 4) is 0 Å². The van der Waals surface area contributed by atoms with Gasteiger partial charge in [0.05, 0.1) is 10.7 Å². The lowest BCUT2D eigenvalue weighted by molar-refractivity contribution is 0.0714. The van der Waals surface area contributed by atoms with E-state index in [0.29, 0.717) is 5.92 Å². The second-order valence-electron chi connectivity index (χ2n) is 7.20. The Kier molecular flexibility index (Phi) is 5.52. The van der Waals surface area contributed by atoms with E-state index in [4.69, 9.17) is 0 Å². The van der Waals surface area contributed by atoms with Crippen molar-refractivity contribution in [3.63, 3.8) is 0 Å². The third-order valence-electron chi connectivity index (χ3n) is 5.33. The summed E-state index contributed by atoms with van der Waals surface area (Å²) in [6.07, 6.45) is 10.2. The van der Waals surface area contributed by atoms with Crippen LogP contribution in [0.2, 0.25) is 0 Å². The van der Waals surface area contributed by atoms with Gasteiger partial charge in [-0.2, -0.15) is 0 Å². The number of rotatable bonds is 5. The van der Waals surface area contributed by atoms with Gasteiger partial charge in [-0.25, -0.2) is 9.97 Å². The number of pyridine rings is 1. The van der Waals surface area contributed by atoms with Crippen LogP contribution in [0.5, 0.6) is 0 Å². The number of aryl methyl sites for hydroxylation is 2. The van der Waals surface area contributed by atoms with Gasteiger partial charge in [0.25, 0.3) is 5.91 Å². The summed E-state index contributed by atoms with van der Waals surface area (Å²) in [7, 11) is 0. The van der Waals surface area contributed by atoms with Crippen LogP contribution in [0.1, 0.15) is 57.4 Å². The molecule has 1 amide bonds. The van der Waals surface area contributed by atoms with Crippen LogP contribution in [0.3, 0.4) is 0 Å². The maximum Gasteiger partial charge on any atom is 0.265 e. The topological polar surface area (TPSA) is 63.9 Å². The Bertz CT molecular complexity index is 941. The molecule has 0 saturated carbocycles. The van der Waals surface area contributed by atoms with Crippen molar-refractivity contribution in [2.75, 3.05) is 13.1 Å². The average molecular weight is 396 g/mol. The molecule has 146 valence electrons. The highest BCUT2D eigenvalue weighted by molar-refractivity contribution is 7.13. The molecular formula is C21H25N5OS. The highest BCUT2D eigenvalue weighted by Gasteiger charge is 2.29. The standard InChI is InChI=1S/C21H25N5OS/c1-3-18-19(28-15(2)24-18)21(27)25-11-6-17(7-12-25)20-23-10-13-26(20)14-16-4-8-22-9-5-16/h4-5,8-10,13,17H,3,6-7,11-12,14H2,1-2H3. The van der Waals surface area contributed by atoms with Gasteiger partial charge in [-0.15, -0.1) is 11.3 Å². The smallest absolute Gasteiger partial charge is 0.265 e. The first kappa shape index (κ1) is 18.8. The molecule has 0 spiro atoms. The van der Waals surface area contributed by atoms with Crippen molar-refractivity contribution in [3.05, 3.63) is 63.9 Å². The molecule has 1 fully saturated rings. The van der Waals surface area contributed by atoms with E-state index >= 15 is 0 Å². The molecule has 0 radical (unpaired) electrons. The number of hydrogen-bond donors (Lipinski definition) is 0. The zero-order chi connectivity index (χ0) is 19.5. The van der Waals surface area contributed by atoms with Crippen LogP contribution in [0.4, 0.5) is 0 Å². The molecule has 0 aliphatic carbocycles. The van der Waals surface area contributed by atoms with Crippen LogP contribution in [-0.4, -0.2) is 43.4 Å². The molecule has 7 heteroatoms. The Morgan fingerprint density at radius 3 is 2.68 bits per heavy atom. The van der Waals surface area contributed by atoms with E-state index in [1.807, 2.05) is 48.7 Å². The lowest BCUT2D eigenvalue weighted by Gasteiger charge is -2.31. The molecule has 6 nitrogen and oxygen atoms in total. The second kappa shape index (κ2) is 8.22. The van der Waals surface area contributed by atoms with Gasteiger partial charge in [-0.1, -0.05) is 6.92 Å². The fourth-order valence-electron chi connectivity index (χ4n) is 3.86. The molecule has 0 aromatic carbocycles. The maximum atomic E-state index is 13.0. The fraction of sp³-hybridized carbons (Fsp3) is 0.429. The van der Waals surface area contributed by atoms with E-state index in [1.54, 1.807) is 0 Å². The van der Waals surface area contributed by atoms with E-state index in [2.05, 4.69) is 26.4 Å². The normalized spacial score (nSPS) is 15.1. The van der Waals surface area contributed by atoms with Gasteiger partial charge in [0.15, 0.2) is 0 Å². The molecule has 4 heterocycles. The molecule has 1 aliphatic rings. The number of nitrogens with zero attached hydrogens (tertiary/aromatic N) is 5. The Morgan fingerprint density at radius 1 is 1.21 bits per heavy atom. The molecule has 4 rings (SSSR count). The summed E-state index contributed by atoms with van der Waals surface area (Å²) >= 11 is 1.52. The van der Waals surface area contributed by atoms with Crippen LogP contribution in [0, 0.1) is 6.92 Å². The largest absolute Gasteiger partial charge is 0.338 e. The third-order valence-corrected chi connectivity index (χ3v) is 6.33. The number of thiazole rings is 1. The zero-order valence-corrected chi connectivity index (χ0v) is 17.2. The van der Waals surface area contributed by atoms with Gasteiger partial charge in [-0.3, -0.25) is 9.78 Å². The van der Waals surface area contributed by atoms with Crippen LogP contribution < -0.4 is 0 Å². The lowest BCUT2D eigenvalue weighted by Crippen LogP contribution is -2.38. The number of piperidine rings is 1. The van der Waals surface area contributed by atoms with E-state index in [0.717, 1.165) is 60.3 Å². The van der Waals surface area contributed by atoms with Crippen LogP contribution in [-0.2, 0) is 13.0 Å². The van der Waals surface area contributed by atoms with Gasteiger partial charge < -0.3 is 9.47 Å². The summed E-state index contributed by atoms with van der Waals surface area (Å²) in [5, 5.41) is 0.966. The summed E-state index contributed by atoms with van der Waals surface area (Å²) in [5.41, 5.74) is 2.15. The minimum absolute atomic E-state index is 0.140. The molecule has 3 aromatic heterocycles. The van der Waals surface area contributed by atoms with Gasteiger partial charge in [-0.05, 0) is 43.9 Å². The van der Waals surface area contributed by atoms with Crippen molar-refractivity contribution in [2.45, 2.75) is 45.6 Å². The van der Waals surface area contributed by atoms with Crippen LogP contribution in [0.15, 0.2) is 36.9 Å². The highest BCUT2D eigenvalue weighted by Crippen LogP contribution is 2.29. The van der Waals surface area contributed by atoms with Gasteiger partial charge >= 0.3 is 0 Å². The predicted octanol–water partition coefficient (Wildman–Crippen LogP) is 3.67. The third kappa shape index (κ3) is 3.85. The van der Waals surface area contributed by atoms with Crippen molar-refractivity contribution in [2.24, 2.45) is 0 Å². The summed E-state index contributed by atoms with van der Waals surface area (Å²) < 4.78 is 2.22. The number of likely N-dealkylation sites (tertiary alicyclic amines) is 1. The van der Waals surface area contributed by atoms with Gasteiger partial charge in [0, 0.05) is 50.3 Å². The fourth-order valence-corrected chi connectivity index (χ4v) is 4.84. The lowest BCUT2D eigenvalue weighted by atomic mass is 9.95. The summed E-state index contributed by atoms with van der Waals surface area (Å²) in [6.45, 7) is 6.37. The number of carbonyl (C=O) groups excluding carboxylic acids is 1. The number of aromatic nitrogens is 4. The van der Waals surface area contributed by atoms with E-state index in [9.17, 15) is 4.79 Å². The molecule has 0 unspecified atom stereocenters. The molecule has 0 atom stereocenters. The molecule has 28 heavy (non-hydrogen) atoms. The summed E-state index contributed by atoms with van der Waals surface area (Å²) in [4.78, 5) is 29.0. The minimum atomic E-state index is 0.140. The number of imidazole rings is 1. The highest BCUT2D eigenvalue weighted by atomic mass is 32.1. The van der Waals surface area contributed by atoms with Crippen LogP contribution >= 0.6 is 11.3 Å². The summed E-state index contributed by atoms with van der Waals surface area (Å²) in [6, 6.07) is 4.07. The number of amides is 1. The predicted molar refractivity (Wildman–Crippen MR) is 110 cm³/mol. The quantitative estimate of drug-likeness (QED) is 0.661. The number of carbonyl (C=O) groups is 1. The Balaban J connectivity index is 1.42. The molecule has 1 aliphatic heterocycles. The molecule has 0 N–H and O–H groups in total. The first-order valence-electron chi connectivity index (χ1n) is 9.81. The maximum absolute atomic E-state index is 13.0. The summed E-state index contributed by atoms with van der Waals surface area (Å²) in [5.74, 6) is 1.64. The van der Waals surface area contributed by atoms with E-state index in [1.165, 1.54) is 16.9 Å². The SMILES string of the molecule is CCc1nc(C)sc1C(=O)N1CCC(c2nccn2Cc2ccncc2)CC1. The monoisotopic (exact) mass is 395 g/mol. The van der Waals surface area contributed by atoms with Crippen molar-refractivity contribution >= 4 is 17.2 Å². The molecule has 0 bridgehead atoms. The van der Waals surface area contributed by atoms with Crippen molar-refractivity contribution in [1.82, 2.24) is 24.4 Å². The Morgan fingerprint density at radius 2 is 1.96 bits per heavy atom. The van der Waals surface area contributed by atoms with E-state index in [-0.39, 0.29) is 5.91 Å². The first-order valence-corrected chi connectivity index (χ1v) is 10.6. The van der Waals surface area contributed by atoms with E-state index < -0.39 is 0 Å². The Hall–Kier alpha value is -2.54. The number of hydrogen-bond acceptors (Lipinski definition) is 5. The van der Waals surface area contributed by atoms with Crippen molar-refractivity contribution in [1.29, 1.82) is 0 Å². The minimum Gasteiger partial charge on any atom is -0.338 e. The Labute approximate surface area is 169 Å². The average Bonchev–Trinajstić information content (AvgIpc) is 3.34.